The molecule has 0 amide bonds. The normalized spacial score (nSPS) is 18.5. The Balaban J connectivity index is 1.57. The fourth-order valence-electron chi connectivity index (χ4n) is 4.12. The second kappa shape index (κ2) is 11.6. The largest absolute Gasteiger partial charge is 0.491 e. The standard InChI is InChI=1S/C24H34N4O4/c1-25-16-21(29)17-32-22-4-2-3-19(14-22)23-15-20(13-18-5-9-30-10-6-18)26-24(27-23)28-7-11-31-12-8-28/h2-4,14-15,18,21,25,29H,5-13,16-17H2,1H3. The lowest BCUT2D eigenvalue weighted by atomic mass is 9.94. The van der Waals surface area contributed by atoms with E-state index in [2.05, 4.69) is 16.3 Å². The Kier molecular flexibility index (Phi) is 8.28. The van der Waals surface area contributed by atoms with Gasteiger partial charge in [0.2, 0.25) is 5.95 Å². The van der Waals surface area contributed by atoms with Crippen LogP contribution in [-0.2, 0) is 15.9 Å². The van der Waals surface area contributed by atoms with Crippen molar-refractivity contribution in [3.8, 4) is 17.0 Å². The summed E-state index contributed by atoms with van der Waals surface area (Å²) in [6.07, 6.45) is 2.53. The molecule has 8 nitrogen and oxygen atoms in total. The Hall–Kier alpha value is -2.26. The fourth-order valence-corrected chi connectivity index (χ4v) is 4.12. The minimum atomic E-state index is -0.554. The third kappa shape index (κ3) is 6.38. The van der Waals surface area contributed by atoms with Crippen molar-refractivity contribution in [3.63, 3.8) is 0 Å². The van der Waals surface area contributed by atoms with Gasteiger partial charge in [0.25, 0.3) is 0 Å². The Labute approximate surface area is 189 Å². The first kappa shape index (κ1) is 22.9. The number of nitrogens with one attached hydrogen (secondary N) is 1. The monoisotopic (exact) mass is 442 g/mol. The molecule has 174 valence electrons. The van der Waals surface area contributed by atoms with Crippen LogP contribution in [0.5, 0.6) is 5.75 Å². The van der Waals surface area contributed by atoms with Crippen LogP contribution in [0.3, 0.4) is 0 Å². The molecule has 0 saturated carbocycles. The SMILES string of the molecule is CNCC(O)COc1cccc(-c2cc(CC3CCOCC3)nc(N3CCOCC3)n2)c1. The van der Waals surface area contributed by atoms with Crippen molar-refractivity contribution in [1.82, 2.24) is 15.3 Å². The Morgan fingerprint density at radius 1 is 1.12 bits per heavy atom. The molecule has 4 rings (SSSR count). The first-order valence-electron chi connectivity index (χ1n) is 11.6. The van der Waals surface area contributed by atoms with Crippen LogP contribution in [-0.4, -0.2) is 80.9 Å². The molecule has 0 bridgehead atoms. The second-order valence-electron chi connectivity index (χ2n) is 8.45. The van der Waals surface area contributed by atoms with Crippen LogP contribution in [0.25, 0.3) is 11.3 Å². The van der Waals surface area contributed by atoms with E-state index in [0.717, 1.165) is 74.2 Å². The van der Waals surface area contributed by atoms with Gasteiger partial charge in [0, 0.05) is 44.1 Å². The van der Waals surface area contributed by atoms with Crippen molar-refractivity contribution in [1.29, 1.82) is 0 Å². The second-order valence-corrected chi connectivity index (χ2v) is 8.45. The van der Waals surface area contributed by atoms with E-state index >= 15 is 0 Å². The van der Waals surface area contributed by atoms with E-state index in [1.807, 2.05) is 31.3 Å². The summed E-state index contributed by atoms with van der Waals surface area (Å²) in [6.45, 7) is 5.38. The molecule has 32 heavy (non-hydrogen) atoms. The lowest BCUT2D eigenvalue weighted by Crippen LogP contribution is -2.37. The van der Waals surface area contributed by atoms with E-state index in [1.54, 1.807) is 0 Å². The predicted octanol–water partition coefficient (Wildman–Crippen LogP) is 1.91. The van der Waals surface area contributed by atoms with Gasteiger partial charge in [-0.25, -0.2) is 9.97 Å². The van der Waals surface area contributed by atoms with Gasteiger partial charge in [-0.15, -0.1) is 0 Å². The van der Waals surface area contributed by atoms with Crippen LogP contribution < -0.4 is 15.0 Å². The maximum atomic E-state index is 9.94. The predicted molar refractivity (Wildman–Crippen MR) is 123 cm³/mol. The molecule has 0 radical (unpaired) electrons. The molecule has 2 aromatic rings. The number of ether oxygens (including phenoxy) is 3. The number of rotatable bonds is 9. The summed E-state index contributed by atoms with van der Waals surface area (Å²) in [7, 11) is 1.81. The molecule has 1 unspecified atom stereocenters. The van der Waals surface area contributed by atoms with Gasteiger partial charge in [-0.3, -0.25) is 0 Å². The quantitative estimate of drug-likeness (QED) is 0.609. The van der Waals surface area contributed by atoms with Crippen LogP contribution in [0.2, 0.25) is 0 Å². The zero-order valence-corrected chi connectivity index (χ0v) is 18.8. The van der Waals surface area contributed by atoms with Crippen LogP contribution >= 0.6 is 0 Å². The van der Waals surface area contributed by atoms with Gasteiger partial charge in [0.1, 0.15) is 18.5 Å². The minimum Gasteiger partial charge on any atom is -0.491 e. The van der Waals surface area contributed by atoms with Crippen molar-refractivity contribution < 1.29 is 19.3 Å². The van der Waals surface area contributed by atoms with Crippen LogP contribution in [0.15, 0.2) is 30.3 Å². The van der Waals surface area contributed by atoms with Crippen molar-refractivity contribution in [2.45, 2.75) is 25.4 Å². The number of hydrogen-bond acceptors (Lipinski definition) is 8. The number of benzene rings is 1. The number of morpholine rings is 1. The van der Waals surface area contributed by atoms with Crippen molar-refractivity contribution >= 4 is 5.95 Å². The van der Waals surface area contributed by atoms with Crippen LogP contribution in [0.1, 0.15) is 18.5 Å². The minimum absolute atomic E-state index is 0.238. The van der Waals surface area contributed by atoms with E-state index in [1.165, 1.54) is 0 Å². The van der Waals surface area contributed by atoms with Gasteiger partial charge < -0.3 is 29.5 Å². The highest BCUT2D eigenvalue weighted by atomic mass is 16.5. The molecule has 1 atom stereocenters. The van der Waals surface area contributed by atoms with Gasteiger partial charge in [-0.05, 0) is 50.4 Å². The molecule has 2 N–H and O–H groups in total. The van der Waals surface area contributed by atoms with Gasteiger partial charge in [-0.2, -0.15) is 0 Å². The molecule has 8 heteroatoms. The molecular formula is C24H34N4O4. The van der Waals surface area contributed by atoms with Crippen molar-refractivity contribution in [2.75, 3.05) is 64.6 Å². The molecular weight excluding hydrogens is 408 g/mol. The first-order chi connectivity index (χ1) is 15.7. The molecule has 2 saturated heterocycles. The zero-order valence-electron chi connectivity index (χ0n) is 18.8. The highest BCUT2D eigenvalue weighted by Gasteiger charge is 2.20. The third-order valence-corrected chi connectivity index (χ3v) is 5.91. The van der Waals surface area contributed by atoms with Gasteiger partial charge >= 0.3 is 0 Å². The van der Waals surface area contributed by atoms with E-state index in [4.69, 9.17) is 24.2 Å². The number of aliphatic hydroxyl groups excluding tert-OH is 1. The summed E-state index contributed by atoms with van der Waals surface area (Å²) in [6, 6.07) is 10.00. The molecule has 2 aliphatic rings. The van der Waals surface area contributed by atoms with E-state index in [-0.39, 0.29) is 6.61 Å². The van der Waals surface area contributed by atoms with Gasteiger partial charge in [0.15, 0.2) is 0 Å². The smallest absolute Gasteiger partial charge is 0.226 e. The first-order valence-corrected chi connectivity index (χ1v) is 11.6. The lowest BCUT2D eigenvalue weighted by Gasteiger charge is -2.28. The number of nitrogens with zero attached hydrogens (tertiary/aromatic N) is 3. The Morgan fingerprint density at radius 2 is 1.91 bits per heavy atom. The highest BCUT2D eigenvalue weighted by Crippen LogP contribution is 2.27. The van der Waals surface area contributed by atoms with Crippen molar-refractivity contribution in [3.05, 3.63) is 36.0 Å². The summed E-state index contributed by atoms with van der Waals surface area (Å²) < 4.78 is 16.8. The third-order valence-electron chi connectivity index (χ3n) is 5.91. The lowest BCUT2D eigenvalue weighted by molar-refractivity contribution is 0.0662. The summed E-state index contributed by atoms with van der Waals surface area (Å²) in [5.74, 6) is 2.08. The number of aliphatic hydroxyl groups is 1. The van der Waals surface area contributed by atoms with E-state index in [9.17, 15) is 5.11 Å². The molecule has 0 aliphatic carbocycles. The average Bonchev–Trinajstić information content (AvgIpc) is 2.84. The Morgan fingerprint density at radius 3 is 2.69 bits per heavy atom. The molecule has 1 aromatic heterocycles. The van der Waals surface area contributed by atoms with Gasteiger partial charge in [0.05, 0.1) is 18.9 Å². The molecule has 2 aliphatic heterocycles. The molecule has 2 fully saturated rings. The maximum Gasteiger partial charge on any atom is 0.226 e. The maximum absolute atomic E-state index is 9.94. The molecule has 1 aromatic carbocycles. The highest BCUT2D eigenvalue weighted by molar-refractivity contribution is 5.63. The van der Waals surface area contributed by atoms with Crippen LogP contribution in [0.4, 0.5) is 5.95 Å². The molecule has 3 heterocycles. The fraction of sp³-hybridized carbons (Fsp3) is 0.583. The number of likely N-dealkylation sites (N-methyl/N-ethyl adjacent to an activating group) is 1. The van der Waals surface area contributed by atoms with Gasteiger partial charge in [-0.1, -0.05) is 12.1 Å². The number of aromatic nitrogens is 2. The summed E-state index contributed by atoms with van der Waals surface area (Å²) in [4.78, 5) is 12.0. The topological polar surface area (TPSA) is 89.0 Å². The number of hydrogen-bond donors (Lipinski definition) is 2. The van der Waals surface area contributed by atoms with E-state index in [0.29, 0.717) is 25.7 Å². The van der Waals surface area contributed by atoms with E-state index < -0.39 is 6.10 Å². The molecule has 0 spiro atoms. The van der Waals surface area contributed by atoms with Crippen LogP contribution in [0, 0.1) is 5.92 Å². The summed E-state index contributed by atoms with van der Waals surface area (Å²) in [5.41, 5.74) is 2.94. The zero-order chi connectivity index (χ0) is 22.2. The number of anilines is 1. The summed E-state index contributed by atoms with van der Waals surface area (Å²) >= 11 is 0. The Bertz CT molecular complexity index is 854. The average molecular weight is 443 g/mol. The summed E-state index contributed by atoms with van der Waals surface area (Å²) in [5, 5.41) is 12.9. The van der Waals surface area contributed by atoms with Crippen molar-refractivity contribution in [2.24, 2.45) is 5.92 Å².